The van der Waals surface area contributed by atoms with Gasteiger partial charge in [0.15, 0.2) is 0 Å². The van der Waals surface area contributed by atoms with Gasteiger partial charge < -0.3 is 14.6 Å². The number of hydrogen-bond donors (Lipinski definition) is 1. The molecule has 1 N–H and O–H groups in total. The van der Waals surface area contributed by atoms with Gasteiger partial charge in [-0.3, -0.25) is 9.10 Å². The standard InChI is InChI=1S/C25H28N4O4S/c1-16-7-9-18(10-8-16)22-21(24(30)27-3)20-15-19(17-11-12-17)23(28-25(20)33-22)29(34(4,31)32)14-6-5-13-26-2/h7-10,15,17H,5-6,11-14H2,1,3-4H3,(H,27,30). The Morgan fingerprint density at radius 2 is 1.97 bits per heavy atom. The van der Waals surface area contributed by atoms with E-state index in [1.807, 2.05) is 37.3 Å². The summed E-state index contributed by atoms with van der Waals surface area (Å²) in [6, 6.07) is 9.54. The van der Waals surface area contributed by atoms with Gasteiger partial charge in [-0.05, 0) is 43.7 Å². The first-order valence-electron chi connectivity index (χ1n) is 11.3. The minimum Gasteiger partial charge on any atom is -0.437 e. The molecule has 0 spiro atoms. The molecule has 3 aromatic rings. The van der Waals surface area contributed by atoms with Crippen molar-refractivity contribution < 1.29 is 17.6 Å². The number of carbonyl (C=O) groups is 1. The first kappa shape index (κ1) is 23.8. The minimum absolute atomic E-state index is 0.189. The molecule has 1 amide bonds. The molecule has 0 radical (unpaired) electrons. The monoisotopic (exact) mass is 480 g/mol. The Labute approximate surface area is 199 Å². The first-order chi connectivity index (χ1) is 16.2. The van der Waals surface area contributed by atoms with Crippen LogP contribution in [0.3, 0.4) is 0 Å². The van der Waals surface area contributed by atoms with E-state index >= 15 is 0 Å². The zero-order valence-corrected chi connectivity index (χ0v) is 20.4. The number of carbonyl (C=O) groups excluding carboxylic acids is 1. The number of unbranched alkanes of at least 4 members (excludes halogenated alkanes) is 1. The van der Waals surface area contributed by atoms with Crippen molar-refractivity contribution in [1.82, 2.24) is 10.3 Å². The second-order valence-electron chi connectivity index (χ2n) is 8.70. The Hall–Kier alpha value is -3.38. The van der Waals surface area contributed by atoms with Crippen molar-refractivity contribution in [3.8, 4) is 11.3 Å². The number of aryl methyl sites for hydroxylation is 1. The maximum Gasteiger partial charge on any atom is 0.255 e. The molecule has 0 unspecified atom stereocenters. The van der Waals surface area contributed by atoms with Crippen LogP contribution in [0.1, 0.15) is 53.1 Å². The highest BCUT2D eigenvalue weighted by Gasteiger charge is 2.34. The number of anilines is 1. The summed E-state index contributed by atoms with van der Waals surface area (Å²) in [7, 11) is -2.04. The lowest BCUT2D eigenvalue weighted by molar-refractivity contribution is 0.0964. The van der Waals surface area contributed by atoms with Crippen LogP contribution in [0.2, 0.25) is 0 Å². The van der Waals surface area contributed by atoms with Gasteiger partial charge in [-0.2, -0.15) is 4.98 Å². The first-order valence-corrected chi connectivity index (χ1v) is 13.2. The van der Waals surface area contributed by atoms with Gasteiger partial charge in [-0.25, -0.2) is 15.0 Å². The van der Waals surface area contributed by atoms with E-state index in [0.29, 0.717) is 41.9 Å². The van der Waals surface area contributed by atoms with Crippen LogP contribution in [0.15, 0.2) is 34.7 Å². The summed E-state index contributed by atoms with van der Waals surface area (Å²) in [6.45, 7) is 9.53. The van der Waals surface area contributed by atoms with Crippen LogP contribution >= 0.6 is 0 Å². The van der Waals surface area contributed by atoms with Crippen LogP contribution in [-0.4, -0.2) is 45.7 Å². The second kappa shape index (κ2) is 9.47. The van der Waals surface area contributed by atoms with Gasteiger partial charge in [0.05, 0.1) is 17.2 Å². The quantitative estimate of drug-likeness (QED) is 0.359. The van der Waals surface area contributed by atoms with E-state index < -0.39 is 10.0 Å². The number of benzene rings is 1. The normalized spacial score (nSPS) is 13.6. The molecule has 34 heavy (non-hydrogen) atoms. The number of nitrogens with zero attached hydrogens (tertiary/aromatic N) is 3. The fourth-order valence-corrected chi connectivity index (χ4v) is 4.98. The lowest BCUT2D eigenvalue weighted by Crippen LogP contribution is -2.32. The summed E-state index contributed by atoms with van der Waals surface area (Å²) in [5.74, 6) is 0.663. The molecule has 0 saturated heterocycles. The van der Waals surface area contributed by atoms with Crippen LogP contribution < -0.4 is 9.62 Å². The van der Waals surface area contributed by atoms with E-state index in [9.17, 15) is 13.2 Å². The average molecular weight is 481 g/mol. The highest BCUT2D eigenvalue weighted by molar-refractivity contribution is 7.92. The van der Waals surface area contributed by atoms with E-state index in [1.165, 1.54) is 10.6 Å². The average Bonchev–Trinajstić information content (AvgIpc) is 3.58. The van der Waals surface area contributed by atoms with Crippen LogP contribution in [0.4, 0.5) is 5.82 Å². The smallest absolute Gasteiger partial charge is 0.255 e. The predicted molar refractivity (Wildman–Crippen MR) is 132 cm³/mol. The van der Waals surface area contributed by atoms with Gasteiger partial charge in [-0.15, -0.1) is 0 Å². The van der Waals surface area contributed by atoms with Gasteiger partial charge in [-0.1, -0.05) is 29.8 Å². The molecular weight excluding hydrogens is 452 g/mol. The summed E-state index contributed by atoms with van der Waals surface area (Å²) in [6.07, 6.45) is 4.20. The number of aromatic nitrogens is 1. The summed E-state index contributed by atoms with van der Waals surface area (Å²) in [4.78, 5) is 20.9. The number of hydrogen-bond acceptors (Lipinski definition) is 5. The Morgan fingerprint density at radius 1 is 1.26 bits per heavy atom. The summed E-state index contributed by atoms with van der Waals surface area (Å²) in [5, 5.41) is 3.26. The molecule has 178 valence electrons. The SMILES string of the molecule is [C-]#[N+]CCCCN(c1nc2oc(-c3ccc(C)cc3)c(C(=O)NC)c2cc1C1CC1)S(C)(=O)=O. The van der Waals surface area contributed by atoms with Gasteiger partial charge in [0.25, 0.3) is 5.91 Å². The Kier molecular flexibility index (Phi) is 6.62. The molecule has 1 aliphatic carbocycles. The highest BCUT2D eigenvalue weighted by atomic mass is 32.2. The summed E-state index contributed by atoms with van der Waals surface area (Å²) in [5.41, 5.74) is 3.26. The van der Waals surface area contributed by atoms with Crippen molar-refractivity contribution >= 4 is 32.8 Å². The van der Waals surface area contributed by atoms with Crippen molar-refractivity contribution in [3.05, 3.63) is 58.4 Å². The second-order valence-corrected chi connectivity index (χ2v) is 10.6. The number of sulfonamides is 1. The number of fused-ring (bicyclic) bond motifs is 1. The Balaban J connectivity index is 1.90. The van der Waals surface area contributed by atoms with E-state index in [4.69, 9.17) is 11.0 Å². The van der Waals surface area contributed by atoms with Gasteiger partial charge in [0, 0.05) is 25.6 Å². The van der Waals surface area contributed by atoms with Crippen LogP contribution in [-0.2, 0) is 10.0 Å². The number of nitrogens with one attached hydrogen (secondary N) is 1. The zero-order chi connectivity index (χ0) is 24.5. The number of rotatable bonds is 9. The fourth-order valence-electron chi connectivity index (χ4n) is 4.06. The minimum atomic E-state index is -3.61. The van der Waals surface area contributed by atoms with Gasteiger partial charge >= 0.3 is 0 Å². The molecule has 8 nitrogen and oxygen atoms in total. The molecule has 2 heterocycles. The van der Waals surface area contributed by atoms with E-state index in [1.54, 1.807) is 7.05 Å². The van der Waals surface area contributed by atoms with Crippen molar-refractivity contribution in [3.63, 3.8) is 0 Å². The number of furan rings is 1. The highest BCUT2D eigenvalue weighted by Crippen LogP contribution is 2.46. The fraction of sp³-hybridized carbons (Fsp3) is 0.400. The molecule has 0 bridgehead atoms. The zero-order valence-electron chi connectivity index (χ0n) is 19.6. The molecule has 2 aromatic heterocycles. The van der Waals surface area contributed by atoms with E-state index in [-0.39, 0.29) is 24.1 Å². The Bertz CT molecular complexity index is 1370. The molecular formula is C25H28N4O4S. The van der Waals surface area contributed by atoms with Crippen LogP contribution in [0, 0.1) is 13.5 Å². The number of pyridine rings is 1. The van der Waals surface area contributed by atoms with Gasteiger partial charge in [0.1, 0.15) is 11.6 Å². The molecule has 4 rings (SSSR count). The van der Waals surface area contributed by atoms with Crippen LogP contribution in [0.5, 0.6) is 0 Å². The molecule has 0 atom stereocenters. The topological polar surface area (TPSA) is 96.9 Å². The molecule has 1 aliphatic rings. The van der Waals surface area contributed by atoms with Crippen LogP contribution in [0.25, 0.3) is 27.3 Å². The van der Waals surface area contributed by atoms with E-state index in [2.05, 4.69) is 15.1 Å². The van der Waals surface area contributed by atoms with Gasteiger partial charge in [0.2, 0.25) is 22.3 Å². The maximum absolute atomic E-state index is 12.9. The van der Waals surface area contributed by atoms with E-state index in [0.717, 1.165) is 29.5 Å². The van der Waals surface area contributed by atoms with Crippen molar-refractivity contribution in [2.45, 2.75) is 38.5 Å². The third-order valence-corrected chi connectivity index (χ3v) is 7.15. The molecule has 1 fully saturated rings. The Morgan fingerprint density at radius 3 is 2.56 bits per heavy atom. The van der Waals surface area contributed by atoms with Crippen molar-refractivity contribution in [2.75, 3.05) is 30.7 Å². The summed E-state index contributed by atoms with van der Waals surface area (Å²) >= 11 is 0. The third-order valence-electron chi connectivity index (χ3n) is 5.99. The largest absolute Gasteiger partial charge is 0.437 e. The van der Waals surface area contributed by atoms with Crippen molar-refractivity contribution in [1.29, 1.82) is 0 Å². The van der Waals surface area contributed by atoms with Crippen molar-refractivity contribution in [2.24, 2.45) is 0 Å². The molecule has 1 saturated carbocycles. The number of amides is 1. The predicted octanol–water partition coefficient (Wildman–Crippen LogP) is 4.51. The molecule has 1 aromatic carbocycles. The lowest BCUT2D eigenvalue weighted by atomic mass is 10.0. The third kappa shape index (κ3) is 4.77. The summed E-state index contributed by atoms with van der Waals surface area (Å²) < 4.78 is 32.9. The lowest BCUT2D eigenvalue weighted by Gasteiger charge is -2.23. The maximum atomic E-state index is 12.9. The molecule has 9 heteroatoms. The molecule has 0 aliphatic heterocycles.